The van der Waals surface area contributed by atoms with Gasteiger partial charge >= 0.3 is 5.97 Å². The van der Waals surface area contributed by atoms with E-state index in [-0.39, 0.29) is 30.1 Å². The van der Waals surface area contributed by atoms with Crippen molar-refractivity contribution in [3.63, 3.8) is 0 Å². The zero-order valence-corrected chi connectivity index (χ0v) is 21.0. The molecule has 1 aliphatic carbocycles. The smallest absolute Gasteiger partial charge is 0.329 e. The summed E-state index contributed by atoms with van der Waals surface area (Å²) in [7, 11) is 0. The molecular weight excluding hydrogens is 414 g/mol. The van der Waals surface area contributed by atoms with Gasteiger partial charge in [-0.2, -0.15) is 0 Å². The number of rotatable bonds is 13. The van der Waals surface area contributed by atoms with E-state index >= 15 is 0 Å². The maximum absolute atomic E-state index is 12.7. The van der Waals surface area contributed by atoms with Crippen molar-refractivity contribution in [1.29, 1.82) is 0 Å². The molecule has 1 aromatic carbocycles. The number of Topliss-reactive ketones (excluding diaryl/α,β-unsaturated/α-hetero) is 1. The van der Waals surface area contributed by atoms with Crippen LogP contribution in [0.1, 0.15) is 101 Å². The van der Waals surface area contributed by atoms with Gasteiger partial charge in [0.05, 0.1) is 0 Å². The molecule has 0 aliphatic heterocycles. The van der Waals surface area contributed by atoms with Crippen molar-refractivity contribution in [3.05, 3.63) is 35.4 Å². The third-order valence-electron chi connectivity index (χ3n) is 6.80. The molecule has 33 heavy (non-hydrogen) atoms. The summed E-state index contributed by atoms with van der Waals surface area (Å²) in [5, 5.41) is 2.88. The molecule has 5 heteroatoms. The number of ketones is 1. The Morgan fingerprint density at radius 3 is 2.21 bits per heavy atom. The zero-order chi connectivity index (χ0) is 24.2. The van der Waals surface area contributed by atoms with Crippen molar-refractivity contribution in [3.8, 4) is 0 Å². The fourth-order valence-electron chi connectivity index (χ4n) is 4.39. The van der Waals surface area contributed by atoms with Gasteiger partial charge < -0.3 is 10.1 Å². The molecule has 0 bridgehead atoms. The maximum atomic E-state index is 12.7. The van der Waals surface area contributed by atoms with Gasteiger partial charge in [0.1, 0.15) is 6.04 Å². The van der Waals surface area contributed by atoms with Crippen molar-refractivity contribution in [1.82, 2.24) is 5.32 Å². The van der Waals surface area contributed by atoms with E-state index in [1.165, 1.54) is 31.2 Å². The first-order valence-corrected chi connectivity index (χ1v) is 12.9. The fraction of sp³-hybridized carbons (Fsp3) is 0.679. The second-order valence-corrected chi connectivity index (χ2v) is 10.1. The standard InChI is InChI=1S/C28H43NO4/c1-5-6-7-8-9-10-22-13-17-23(18-14-22)25(30)19-33-28(32)26(20(2)3)29-27(31)24-15-11-21(4)12-16-24/h13-14,17-18,20-21,24,26H,5-12,15-16,19H2,1-4H3,(H,29,31). The summed E-state index contributed by atoms with van der Waals surface area (Å²) in [6, 6.07) is 6.85. The van der Waals surface area contributed by atoms with Crippen LogP contribution in [0, 0.1) is 17.8 Å². The molecule has 1 atom stereocenters. The molecule has 5 nitrogen and oxygen atoms in total. The van der Waals surface area contributed by atoms with Gasteiger partial charge in [-0.1, -0.05) is 77.6 Å². The quantitative estimate of drug-likeness (QED) is 0.228. The Morgan fingerprint density at radius 1 is 0.970 bits per heavy atom. The molecule has 1 saturated carbocycles. The number of unbranched alkanes of at least 4 members (excludes halogenated alkanes) is 4. The first-order valence-electron chi connectivity index (χ1n) is 12.9. The summed E-state index contributed by atoms with van der Waals surface area (Å²) in [4.78, 5) is 37.8. The average Bonchev–Trinajstić information content (AvgIpc) is 2.81. The van der Waals surface area contributed by atoms with Crippen LogP contribution in [0.4, 0.5) is 0 Å². The molecule has 1 aliphatic rings. The minimum absolute atomic E-state index is 0.0398. The average molecular weight is 458 g/mol. The van der Waals surface area contributed by atoms with E-state index in [0.29, 0.717) is 11.5 Å². The van der Waals surface area contributed by atoms with Gasteiger partial charge in [-0.3, -0.25) is 9.59 Å². The molecule has 2 rings (SSSR count). The SMILES string of the molecule is CCCCCCCc1ccc(C(=O)COC(=O)C(NC(=O)C2CCC(C)CC2)C(C)C)cc1. The first kappa shape index (κ1) is 27.1. The molecule has 1 aromatic rings. The van der Waals surface area contributed by atoms with Gasteiger partial charge in [0.15, 0.2) is 12.4 Å². The van der Waals surface area contributed by atoms with Gasteiger partial charge in [0, 0.05) is 11.5 Å². The lowest BCUT2D eigenvalue weighted by Gasteiger charge is -2.28. The lowest BCUT2D eigenvalue weighted by atomic mass is 9.82. The highest BCUT2D eigenvalue weighted by Gasteiger charge is 2.31. The summed E-state index contributed by atoms with van der Waals surface area (Å²) in [6.07, 6.45) is 11.0. The Morgan fingerprint density at radius 2 is 1.61 bits per heavy atom. The minimum atomic E-state index is -0.736. The van der Waals surface area contributed by atoms with Crippen LogP contribution in [-0.2, 0) is 20.7 Å². The number of ether oxygens (including phenoxy) is 1. The third kappa shape index (κ3) is 9.30. The lowest BCUT2D eigenvalue weighted by Crippen LogP contribution is -2.48. The number of benzene rings is 1. The summed E-state index contributed by atoms with van der Waals surface area (Å²) >= 11 is 0. The zero-order valence-electron chi connectivity index (χ0n) is 21.0. The molecule has 0 saturated heterocycles. The number of carbonyl (C=O) groups is 3. The second-order valence-electron chi connectivity index (χ2n) is 10.1. The highest BCUT2D eigenvalue weighted by Crippen LogP contribution is 2.28. The van der Waals surface area contributed by atoms with Crippen LogP contribution < -0.4 is 5.32 Å². The molecule has 0 aromatic heterocycles. The van der Waals surface area contributed by atoms with E-state index in [0.717, 1.165) is 38.5 Å². The van der Waals surface area contributed by atoms with Crippen LogP contribution in [0.2, 0.25) is 0 Å². The van der Waals surface area contributed by atoms with Crippen LogP contribution in [0.3, 0.4) is 0 Å². The van der Waals surface area contributed by atoms with Gasteiger partial charge in [0.2, 0.25) is 5.91 Å². The largest absolute Gasteiger partial charge is 0.456 e. The van der Waals surface area contributed by atoms with E-state index in [1.807, 2.05) is 38.1 Å². The number of aryl methyl sites for hydroxylation is 1. The molecule has 0 radical (unpaired) electrons. The Balaban J connectivity index is 1.80. The highest BCUT2D eigenvalue weighted by atomic mass is 16.5. The van der Waals surface area contributed by atoms with Crippen LogP contribution in [0.25, 0.3) is 0 Å². The van der Waals surface area contributed by atoms with Crippen molar-refractivity contribution < 1.29 is 19.1 Å². The van der Waals surface area contributed by atoms with Crippen LogP contribution in [0.15, 0.2) is 24.3 Å². The number of carbonyl (C=O) groups excluding carboxylic acids is 3. The molecule has 0 heterocycles. The molecule has 1 N–H and O–H groups in total. The Labute approximate surface area is 200 Å². The summed E-state index contributed by atoms with van der Waals surface area (Å²) in [5.74, 6) is -0.342. The third-order valence-corrected chi connectivity index (χ3v) is 6.80. The lowest BCUT2D eigenvalue weighted by molar-refractivity contribution is -0.148. The predicted molar refractivity (Wildman–Crippen MR) is 132 cm³/mol. The number of amides is 1. The molecular formula is C28H43NO4. The fourth-order valence-corrected chi connectivity index (χ4v) is 4.39. The van der Waals surface area contributed by atoms with Crippen molar-refractivity contribution in [2.75, 3.05) is 6.61 Å². The Bertz CT molecular complexity index is 748. The summed E-state index contributed by atoms with van der Waals surface area (Å²) < 4.78 is 5.32. The Kier molecular flexibility index (Phi) is 11.6. The maximum Gasteiger partial charge on any atom is 0.329 e. The van der Waals surface area contributed by atoms with Gasteiger partial charge in [0.25, 0.3) is 0 Å². The van der Waals surface area contributed by atoms with E-state index in [2.05, 4.69) is 19.2 Å². The molecule has 1 fully saturated rings. The van der Waals surface area contributed by atoms with E-state index < -0.39 is 12.0 Å². The number of esters is 1. The van der Waals surface area contributed by atoms with Gasteiger partial charge in [-0.25, -0.2) is 4.79 Å². The first-order chi connectivity index (χ1) is 15.8. The van der Waals surface area contributed by atoms with Crippen LogP contribution in [0.5, 0.6) is 0 Å². The number of hydrogen-bond donors (Lipinski definition) is 1. The van der Waals surface area contributed by atoms with Gasteiger partial charge in [-0.15, -0.1) is 0 Å². The van der Waals surface area contributed by atoms with E-state index in [1.54, 1.807) is 0 Å². The van der Waals surface area contributed by atoms with Gasteiger partial charge in [-0.05, 0) is 55.9 Å². The number of hydrogen-bond acceptors (Lipinski definition) is 4. The van der Waals surface area contributed by atoms with E-state index in [4.69, 9.17) is 4.74 Å². The molecule has 1 amide bonds. The number of nitrogens with one attached hydrogen (secondary N) is 1. The molecule has 184 valence electrons. The molecule has 1 unspecified atom stereocenters. The Hall–Kier alpha value is -2.17. The van der Waals surface area contributed by atoms with Crippen LogP contribution in [-0.4, -0.2) is 30.3 Å². The normalized spacial score (nSPS) is 19.2. The minimum Gasteiger partial charge on any atom is -0.456 e. The van der Waals surface area contributed by atoms with Crippen LogP contribution >= 0.6 is 0 Å². The topological polar surface area (TPSA) is 72.5 Å². The highest BCUT2D eigenvalue weighted by molar-refractivity contribution is 5.98. The van der Waals surface area contributed by atoms with E-state index in [9.17, 15) is 14.4 Å². The monoisotopic (exact) mass is 457 g/mol. The van der Waals surface area contributed by atoms with Crippen molar-refractivity contribution >= 4 is 17.7 Å². The summed E-state index contributed by atoms with van der Waals surface area (Å²) in [6.45, 7) is 7.86. The molecule has 0 spiro atoms. The summed E-state index contributed by atoms with van der Waals surface area (Å²) in [5.41, 5.74) is 1.76. The van der Waals surface area contributed by atoms with Crippen molar-refractivity contribution in [2.24, 2.45) is 17.8 Å². The predicted octanol–water partition coefficient (Wildman–Crippen LogP) is 5.89. The second kappa shape index (κ2) is 14.2. The van der Waals surface area contributed by atoms with Crippen molar-refractivity contribution in [2.45, 2.75) is 97.9 Å².